The molecule has 1 aliphatic heterocycles. The number of amides is 1. The zero-order valence-electron chi connectivity index (χ0n) is 13.6. The van der Waals surface area contributed by atoms with Crippen LogP contribution in [0, 0.1) is 0 Å². The third kappa shape index (κ3) is 4.38. The molecule has 0 saturated carbocycles. The maximum absolute atomic E-state index is 11.8. The van der Waals surface area contributed by atoms with Crippen LogP contribution in [0.2, 0.25) is 0 Å². The van der Waals surface area contributed by atoms with Crippen molar-refractivity contribution in [2.24, 2.45) is 0 Å². The maximum Gasteiger partial charge on any atom is 0.410 e. The van der Waals surface area contributed by atoms with Gasteiger partial charge in [0, 0.05) is 18.8 Å². The summed E-state index contributed by atoms with van der Waals surface area (Å²) in [4.78, 5) is 13.6. The molecular weight excluding hydrogens is 264 g/mol. The highest BCUT2D eigenvalue weighted by Crippen LogP contribution is 2.21. The van der Waals surface area contributed by atoms with E-state index in [2.05, 4.69) is 43.4 Å². The first-order valence-electron chi connectivity index (χ1n) is 7.59. The van der Waals surface area contributed by atoms with Crippen LogP contribution in [-0.2, 0) is 4.74 Å². The van der Waals surface area contributed by atoms with Crippen molar-refractivity contribution >= 4 is 11.8 Å². The quantitative estimate of drug-likeness (QED) is 0.919. The molecule has 1 N–H and O–H groups in total. The van der Waals surface area contributed by atoms with Crippen LogP contribution in [-0.4, -0.2) is 35.7 Å². The lowest BCUT2D eigenvalue weighted by Gasteiger charge is -2.40. The summed E-state index contributed by atoms with van der Waals surface area (Å²) in [6.45, 7) is 11.4. The van der Waals surface area contributed by atoms with Crippen molar-refractivity contribution in [3.05, 3.63) is 29.8 Å². The second-order valence-electron chi connectivity index (χ2n) is 7.00. The van der Waals surface area contributed by atoms with Gasteiger partial charge < -0.3 is 15.0 Å². The van der Waals surface area contributed by atoms with Gasteiger partial charge >= 0.3 is 6.09 Å². The number of carbonyl (C=O) groups is 1. The number of nitrogens with one attached hydrogen (secondary N) is 1. The molecule has 4 nitrogen and oxygen atoms in total. The number of rotatable bonds is 3. The lowest BCUT2D eigenvalue weighted by atomic mass is 10.0. The predicted octanol–water partition coefficient (Wildman–Crippen LogP) is 3.84. The first-order chi connectivity index (χ1) is 9.74. The maximum atomic E-state index is 11.8. The predicted molar refractivity (Wildman–Crippen MR) is 85.7 cm³/mol. The largest absolute Gasteiger partial charge is 0.444 e. The molecule has 21 heavy (non-hydrogen) atoms. The Morgan fingerprint density at radius 3 is 2.29 bits per heavy atom. The third-order valence-electron chi connectivity index (χ3n) is 3.48. The van der Waals surface area contributed by atoms with E-state index in [4.69, 9.17) is 4.74 Å². The normalized spacial score (nSPS) is 15.8. The SMILES string of the molecule is CC(C)c1ccc(NC2CN(C(=O)OC(C)(C)C)C2)cc1. The van der Waals surface area contributed by atoms with Crippen molar-refractivity contribution in [3.63, 3.8) is 0 Å². The second kappa shape index (κ2) is 5.96. The summed E-state index contributed by atoms with van der Waals surface area (Å²) in [6.07, 6.45) is -0.226. The first-order valence-corrected chi connectivity index (χ1v) is 7.59. The molecule has 1 fully saturated rings. The Labute approximate surface area is 127 Å². The highest BCUT2D eigenvalue weighted by Gasteiger charge is 2.33. The monoisotopic (exact) mass is 290 g/mol. The van der Waals surface area contributed by atoms with Crippen LogP contribution < -0.4 is 5.32 Å². The van der Waals surface area contributed by atoms with E-state index in [1.165, 1.54) is 5.56 Å². The minimum atomic E-state index is -0.428. The Morgan fingerprint density at radius 2 is 1.81 bits per heavy atom. The van der Waals surface area contributed by atoms with Crippen molar-refractivity contribution in [1.29, 1.82) is 0 Å². The number of anilines is 1. The van der Waals surface area contributed by atoms with Crippen LogP contribution in [0.25, 0.3) is 0 Å². The molecule has 2 rings (SSSR count). The Bertz CT molecular complexity index is 483. The van der Waals surface area contributed by atoms with E-state index in [0.717, 1.165) is 5.69 Å². The molecule has 116 valence electrons. The molecule has 0 bridgehead atoms. The van der Waals surface area contributed by atoms with Crippen LogP contribution in [0.3, 0.4) is 0 Å². The van der Waals surface area contributed by atoms with Gasteiger partial charge in [-0.25, -0.2) is 4.79 Å². The minimum absolute atomic E-state index is 0.226. The summed E-state index contributed by atoms with van der Waals surface area (Å²) >= 11 is 0. The van der Waals surface area contributed by atoms with Gasteiger partial charge in [0.25, 0.3) is 0 Å². The molecule has 1 heterocycles. The topological polar surface area (TPSA) is 41.6 Å². The summed E-state index contributed by atoms with van der Waals surface area (Å²) in [5.41, 5.74) is 2.01. The molecule has 1 aromatic rings. The molecule has 1 amide bonds. The molecule has 0 aromatic heterocycles. The molecule has 0 atom stereocenters. The minimum Gasteiger partial charge on any atom is -0.444 e. The molecular formula is C17H26N2O2. The number of likely N-dealkylation sites (tertiary alicyclic amines) is 1. The molecule has 1 aliphatic rings. The number of ether oxygens (including phenoxy) is 1. The Kier molecular flexibility index (Phi) is 4.45. The first kappa shape index (κ1) is 15.7. The number of hydrogen-bond acceptors (Lipinski definition) is 3. The van der Waals surface area contributed by atoms with Gasteiger partial charge in [-0.05, 0) is 44.4 Å². The average molecular weight is 290 g/mol. The Morgan fingerprint density at radius 1 is 1.24 bits per heavy atom. The number of benzene rings is 1. The van der Waals surface area contributed by atoms with Gasteiger partial charge in [0.05, 0.1) is 6.04 Å². The van der Waals surface area contributed by atoms with Crippen molar-refractivity contribution < 1.29 is 9.53 Å². The van der Waals surface area contributed by atoms with Gasteiger partial charge in [-0.15, -0.1) is 0 Å². The fraction of sp³-hybridized carbons (Fsp3) is 0.588. The highest BCUT2D eigenvalue weighted by molar-refractivity contribution is 5.69. The molecule has 0 aliphatic carbocycles. The van der Waals surface area contributed by atoms with E-state index in [-0.39, 0.29) is 6.09 Å². The standard InChI is InChI=1S/C17H26N2O2/c1-12(2)13-6-8-14(9-7-13)18-15-10-19(11-15)16(20)21-17(3,4)5/h6-9,12,15,18H,10-11H2,1-5H3. The molecule has 1 saturated heterocycles. The van der Waals surface area contributed by atoms with Gasteiger partial charge in [-0.3, -0.25) is 0 Å². The molecule has 4 heteroatoms. The van der Waals surface area contributed by atoms with E-state index in [1.807, 2.05) is 20.8 Å². The zero-order chi connectivity index (χ0) is 15.6. The average Bonchev–Trinajstić information content (AvgIpc) is 2.31. The van der Waals surface area contributed by atoms with E-state index < -0.39 is 5.60 Å². The van der Waals surface area contributed by atoms with E-state index in [9.17, 15) is 4.79 Å². The fourth-order valence-corrected chi connectivity index (χ4v) is 2.25. The summed E-state index contributed by atoms with van der Waals surface area (Å²) in [6, 6.07) is 8.81. The van der Waals surface area contributed by atoms with E-state index in [1.54, 1.807) is 4.90 Å². The van der Waals surface area contributed by atoms with Crippen LogP contribution in [0.5, 0.6) is 0 Å². The smallest absolute Gasteiger partial charge is 0.410 e. The number of carbonyl (C=O) groups excluding carboxylic acids is 1. The fourth-order valence-electron chi connectivity index (χ4n) is 2.25. The summed E-state index contributed by atoms with van der Waals surface area (Å²) in [5, 5.41) is 3.44. The van der Waals surface area contributed by atoms with Gasteiger partial charge in [0.15, 0.2) is 0 Å². The lowest BCUT2D eigenvalue weighted by Crippen LogP contribution is -2.57. The molecule has 0 radical (unpaired) electrons. The van der Waals surface area contributed by atoms with Crippen molar-refractivity contribution in [1.82, 2.24) is 4.90 Å². The summed E-state index contributed by atoms with van der Waals surface area (Å²) < 4.78 is 5.34. The molecule has 1 aromatic carbocycles. The highest BCUT2D eigenvalue weighted by atomic mass is 16.6. The van der Waals surface area contributed by atoms with Crippen LogP contribution in [0.15, 0.2) is 24.3 Å². The zero-order valence-corrected chi connectivity index (χ0v) is 13.6. The lowest BCUT2D eigenvalue weighted by molar-refractivity contribution is 0.0105. The molecule has 0 spiro atoms. The molecule has 0 unspecified atom stereocenters. The Balaban J connectivity index is 1.79. The third-order valence-corrected chi connectivity index (χ3v) is 3.48. The van der Waals surface area contributed by atoms with Crippen molar-refractivity contribution in [2.45, 2.75) is 52.2 Å². The summed E-state index contributed by atoms with van der Waals surface area (Å²) in [7, 11) is 0. The van der Waals surface area contributed by atoms with Crippen molar-refractivity contribution in [3.8, 4) is 0 Å². The summed E-state index contributed by atoms with van der Waals surface area (Å²) in [5.74, 6) is 0.547. The van der Waals surface area contributed by atoms with Gasteiger partial charge in [-0.1, -0.05) is 26.0 Å². The van der Waals surface area contributed by atoms with Gasteiger partial charge in [0.2, 0.25) is 0 Å². The van der Waals surface area contributed by atoms with E-state index >= 15 is 0 Å². The Hall–Kier alpha value is -1.71. The second-order valence-corrected chi connectivity index (χ2v) is 7.00. The van der Waals surface area contributed by atoms with E-state index in [0.29, 0.717) is 25.0 Å². The van der Waals surface area contributed by atoms with Crippen LogP contribution in [0.1, 0.15) is 46.1 Å². The van der Waals surface area contributed by atoms with Gasteiger partial charge in [0.1, 0.15) is 5.60 Å². The number of hydrogen-bond donors (Lipinski definition) is 1. The van der Waals surface area contributed by atoms with Crippen molar-refractivity contribution in [2.75, 3.05) is 18.4 Å². The van der Waals surface area contributed by atoms with Crippen LogP contribution in [0.4, 0.5) is 10.5 Å². The van der Waals surface area contributed by atoms with Gasteiger partial charge in [-0.2, -0.15) is 0 Å². The number of nitrogens with zero attached hydrogens (tertiary/aromatic N) is 1. The van der Waals surface area contributed by atoms with Crippen LogP contribution >= 0.6 is 0 Å².